The Labute approximate surface area is 226 Å². The maximum Gasteiger partial charge on any atom is 0.309 e. The molecule has 3 heterocycles. The molecule has 0 bridgehead atoms. The first-order chi connectivity index (χ1) is 18.2. The van der Waals surface area contributed by atoms with E-state index in [1.54, 1.807) is 18.4 Å². The van der Waals surface area contributed by atoms with E-state index in [2.05, 4.69) is 53.2 Å². The van der Waals surface area contributed by atoms with E-state index in [0.29, 0.717) is 12.2 Å². The molecular formula is C29H31N5O3S. The topological polar surface area (TPSA) is 92.8 Å². The van der Waals surface area contributed by atoms with E-state index in [0.717, 1.165) is 50.4 Å². The van der Waals surface area contributed by atoms with Crippen molar-refractivity contribution in [2.24, 2.45) is 10.9 Å². The molecule has 9 heteroatoms. The first-order valence-electron chi connectivity index (χ1n) is 12.6. The highest BCUT2D eigenvalue weighted by molar-refractivity contribution is 7.15. The monoisotopic (exact) mass is 529 g/mol. The summed E-state index contributed by atoms with van der Waals surface area (Å²) in [7, 11) is 3.68. The Morgan fingerprint density at radius 2 is 1.71 bits per heavy atom. The van der Waals surface area contributed by atoms with Crippen LogP contribution in [-0.4, -0.2) is 45.7 Å². The third-order valence-electron chi connectivity index (χ3n) is 7.32. The lowest BCUT2D eigenvalue weighted by Crippen LogP contribution is -2.23. The molecule has 196 valence electrons. The zero-order valence-electron chi connectivity index (χ0n) is 22.4. The molecular weight excluding hydrogens is 498 g/mol. The van der Waals surface area contributed by atoms with Crippen molar-refractivity contribution in [2.75, 3.05) is 19.1 Å². The molecule has 8 nitrogen and oxygen atoms in total. The van der Waals surface area contributed by atoms with Crippen molar-refractivity contribution in [3.8, 4) is 10.8 Å². The van der Waals surface area contributed by atoms with Gasteiger partial charge in [-0.1, -0.05) is 19.1 Å². The summed E-state index contributed by atoms with van der Waals surface area (Å²) in [5, 5.41) is 19.8. The van der Waals surface area contributed by atoms with E-state index >= 15 is 0 Å². The van der Waals surface area contributed by atoms with Crippen molar-refractivity contribution < 1.29 is 14.6 Å². The molecule has 0 saturated carbocycles. The summed E-state index contributed by atoms with van der Waals surface area (Å²) in [6, 6.07) is 15.5. The molecule has 0 saturated heterocycles. The number of ether oxygens (including phenoxy) is 1. The van der Waals surface area contributed by atoms with Crippen LogP contribution in [0.2, 0.25) is 0 Å². The van der Waals surface area contributed by atoms with Gasteiger partial charge in [-0.2, -0.15) is 0 Å². The van der Waals surface area contributed by atoms with E-state index < -0.39 is 17.9 Å². The molecule has 1 aliphatic heterocycles. The van der Waals surface area contributed by atoms with Crippen molar-refractivity contribution >= 4 is 34.4 Å². The van der Waals surface area contributed by atoms with E-state index in [1.807, 2.05) is 49.7 Å². The number of rotatable bonds is 7. The minimum Gasteiger partial charge on any atom is -0.497 e. The van der Waals surface area contributed by atoms with Crippen LogP contribution in [0.4, 0.5) is 11.4 Å². The Kier molecular flexibility index (Phi) is 6.79. The first kappa shape index (κ1) is 25.7. The molecule has 0 aliphatic carbocycles. The second kappa shape index (κ2) is 10.1. The Balaban J connectivity index is 1.63. The van der Waals surface area contributed by atoms with Crippen LogP contribution in [0, 0.1) is 26.7 Å². The molecule has 0 radical (unpaired) electrons. The van der Waals surface area contributed by atoms with Crippen LogP contribution in [0.5, 0.6) is 5.75 Å². The average Bonchev–Trinajstić information content (AvgIpc) is 3.39. The third kappa shape index (κ3) is 4.26. The molecule has 2 atom stereocenters. The number of methoxy groups -OCH3 is 1. The van der Waals surface area contributed by atoms with Crippen LogP contribution >= 0.6 is 11.3 Å². The minimum atomic E-state index is -0.887. The molecule has 2 aromatic heterocycles. The van der Waals surface area contributed by atoms with Crippen LogP contribution in [0.3, 0.4) is 0 Å². The largest absolute Gasteiger partial charge is 0.497 e. The van der Waals surface area contributed by atoms with Gasteiger partial charge in [-0.25, -0.2) is 0 Å². The number of benzene rings is 2. The van der Waals surface area contributed by atoms with Gasteiger partial charge in [0.2, 0.25) is 0 Å². The summed E-state index contributed by atoms with van der Waals surface area (Å²) < 4.78 is 7.28. The van der Waals surface area contributed by atoms with Gasteiger partial charge in [-0.05, 0) is 69.2 Å². The van der Waals surface area contributed by atoms with E-state index in [9.17, 15) is 9.90 Å². The number of fused-ring (bicyclic) bond motifs is 3. The van der Waals surface area contributed by atoms with Gasteiger partial charge in [-0.3, -0.25) is 14.4 Å². The summed E-state index contributed by atoms with van der Waals surface area (Å²) in [5.41, 5.74) is 5.92. The first-order valence-corrected chi connectivity index (χ1v) is 13.4. The average molecular weight is 530 g/mol. The normalized spacial score (nSPS) is 15.2. The zero-order valence-corrected chi connectivity index (χ0v) is 23.2. The Morgan fingerprint density at radius 3 is 2.29 bits per heavy atom. The van der Waals surface area contributed by atoms with Gasteiger partial charge in [0.25, 0.3) is 0 Å². The summed E-state index contributed by atoms with van der Waals surface area (Å²) in [6.07, 6.45) is 0.430. The second-order valence-corrected chi connectivity index (χ2v) is 10.7. The van der Waals surface area contributed by atoms with E-state index in [1.165, 1.54) is 4.88 Å². The highest BCUT2D eigenvalue weighted by atomic mass is 32.1. The maximum absolute atomic E-state index is 12.3. The number of hydrogen-bond donors (Lipinski definition) is 1. The lowest BCUT2D eigenvalue weighted by Gasteiger charge is -2.21. The number of aliphatic carboxylic acids is 1. The number of aromatic nitrogens is 3. The molecule has 5 rings (SSSR count). The Hall–Kier alpha value is -3.98. The third-order valence-corrected chi connectivity index (χ3v) is 8.51. The van der Waals surface area contributed by atoms with Crippen LogP contribution < -0.4 is 9.64 Å². The lowest BCUT2D eigenvalue weighted by atomic mass is 9.95. The van der Waals surface area contributed by atoms with Crippen molar-refractivity contribution in [3.05, 3.63) is 81.7 Å². The summed E-state index contributed by atoms with van der Waals surface area (Å²) >= 11 is 1.66. The Bertz CT molecular complexity index is 1520. The fourth-order valence-electron chi connectivity index (χ4n) is 4.95. The van der Waals surface area contributed by atoms with Crippen molar-refractivity contribution in [2.45, 2.75) is 40.2 Å². The summed E-state index contributed by atoms with van der Waals surface area (Å²) in [4.78, 5) is 20.7. The van der Waals surface area contributed by atoms with Crippen LogP contribution in [0.15, 0.2) is 53.5 Å². The molecule has 0 spiro atoms. The number of carbonyl (C=O) groups is 1. The fourth-order valence-corrected chi connectivity index (χ4v) is 6.16. The minimum absolute atomic E-state index is 0.430. The number of nitrogens with zero attached hydrogens (tertiary/aromatic N) is 5. The summed E-state index contributed by atoms with van der Waals surface area (Å²) in [6.45, 7) is 7.97. The van der Waals surface area contributed by atoms with Crippen LogP contribution in [0.25, 0.3) is 5.00 Å². The standard InChI is InChI=1S/C29H31N5O3S/c1-7-23(29(35)36)26-27-32-31-18(4)34(27)28-24(16(2)17(3)38-28)25(30-26)19-8-10-20(11-9-19)33(5)21-12-14-22(37-6)15-13-21/h8-15,23,26H,7H2,1-6H3,(H,35,36)/t23?,26-/m0/s1. The number of thiophene rings is 1. The predicted molar refractivity (Wildman–Crippen MR) is 151 cm³/mol. The van der Waals surface area contributed by atoms with Gasteiger partial charge >= 0.3 is 5.97 Å². The van der Waals surface area contributed by atoms with Gasteiger partial charge in [0.05, 0.1) is 18.7 Å². The maximum atomic E-state index is 12.3. The highest BCUT2D eigenvalue weighted by Crippen LogP contribution is 2.41. The molecule has 1 unspecified atom stereocenters. The molecule has 1 aliphatic rings. The van der Waals surface area contributed by atoms with Crippen molar-refractivity contribution in [1.82, 2.24) is 14.8 Å². The van der Waals surface area contributed by atoms with Gasteiger partial charge < -0.3 is 14.7 Å². The molecule has 2 aromatic carbocycles. The number of carboxylic acid groups (broad SMARTS) is 1. The molecule has 0 fully saturated rings. The lowest BCUT2D eigenvalue weighted by molar-refractivity contribution is -0.142. The second-order valence-electron chi connectivity index (χ2n) is 9.48. The predicted octanol–water partition coefficient (Wildman–Crippen LogP) is 6.03. The number of hydrogen-bond acceptors (Lipinski definition) is 7. The van der Waals surface area contributed by atoms with Gasteiger partial charge in [0.1, 0.15) is 22.6 Å². The van der Waals surface area contributed by atoms with Crippen molar-refractivity contribution in [1.29, 1.82) is 0 Å². The number of anilines is 2. The Morgan fingerprint density at radius 1 is 1.08 bits per heavy atom. The number of carboxylic acids is 1. The van der Waals surface area contributed by atoms with Gasteiger partial charge in [-0.15, -0.1) is 21.5 Å². The van der Waals surface area contributed by atoms with Gasteiger partial charge in [0.15, 0.2) is 5.82 Å². The molecule has 0 amide bonds. The molecule has 1 N–H and O–H groups in total. The van der Waals surface area contributed by atoms with E-state index in [-0.39, 0.29) is 0 Å². The van der Waals surface area contributed by atoms with E-state index in [4.69, 9.17) is 9.73 Å². The fraction of sp³-hybridized carbons (Fsp3) is 0.310. The van der Waals surface area contributed by atoms with Gasteiger partial charge in [0, 0.05) is 34.4 Å². The smallest absolute Gasteiger partial charge is 0.309 e. The van der Waals surface area contributed by atoms with Crippen LogP contribution in [-0.2, 0) is 4.79 Å². The summed E-state index contributed by atoms with van der Waals surface area (Å²) in [5.74, 6) is 0.504. The number of aryl methyl sites for hydroxylation is 2. The zero-order chi connectivity index (χ0) is 27.1. The SMILES string of the molecule is CCC(C(=O)O)[C@@H]1N=C(c2ccc(N(C)c3ccc(OC)cc3)cc2)c2c(sc(C)c2C)-n2c(C)nnc21. The van der Waals surface area contributed by atoms with Crippen LogP contribution in [0.1, 0.15) is 52.6 Å². The molecule has 4 aromatic rings. The molecule has 38 heavy (non-hydrogen) atoms. The number of aliphatic imine (C=N–C) groups is 1. The quantitative estimate of drug-likeness (QED) is 0.314. The highest BCUT2D eigenvalue weighted by Gasteiger charge is 2.37. The van der Waals surface area contributed by atoms with Crippen molar-refractivity contribution in [3.63, 3.8) is 0 Å².